The summed E-state index contributed by atoms with van der Waals surface area (Å²) in [6, 6.07) is 8.59. The quantitative estimate of drug-likeness (QED) is 0.818. The average Bonchev–Trinajstić information content (AvgIpc) is 3.10. The van der Waals surface area contributed by atoms with Gasteiger partial charge in [0.1, 0.15) is 5.82 Å². The molecule has 0 unspecified atom stereocenters. The molecule has 1 aliphatic heterocycles. The molecule has 1 aromatic carbocycles. The number of aryl methyl sites for hydroxylation is 1. The third kappa shape index (κ3) is 3.52. The van der Waals surface area contributed by atoms with Crippen molar-refractivity contribution in [3.63, 3.8) is 0 Å². The monoisotopic (exact) mass is 347 g/mol. The Bertz CT molecular complexity index is 698. The number of amides is 1. The van der Waals surface area contributed by atoms with Crippen LogP contribution in [0.25, 0.3) is 0 Å². The second kappa shape index (κ2) is 7.45. The summed E-state index contributed by atoms with van der Waals surface area (Å²) in [6.45, 7) is 2.67. The largest absolute Gasteiger partial charge is 0.373 e. The van der Waals surface area contributed by atoms with Crippen molar-refractivity contribution in [2.45, 2.75) is 38.3 Å². The Morgan fingerprint density at radius 3 is 2.79 bits per heavy atom. The van der Waals surface area contributed by atoms with Gasteiger partial charge in [0.25, 0.3) is 5.91 Å². The molecule has 24 heavy (non-hydrogen) atoms. The highest BCUT2D eigenvalue weighted by Gasteiger charge is 2.30. The van der Waals surface area contributed by atoms with Crippen LogP contribution in [0.4, 0.5) is 4.39 Å². The molecule has 0 N–H and O–H groups in total. The molecule has 0 aliphatic carbocycles. The second-order valence-electron chi connectivity index (χ2n) is 6.13. The van der Waals surface area contributed by atoms with Crippen LogP contribution in [0.2, 0.25) is 0 Å². The van der Waals surface area contributed by atoms with E-state index in [1.165, 1.54) is 23.5 Å². The van der Waals surface area contributed by atoms with Crippen LogP contribution in [-0.2, 0) is 11.2 Å². The first-order valence-corrected chi connectivity index (χ1v) is 9.18. The molecule has 1 aromatic heterocycles. The van der Waals surface area contributed by atoms with Gasteiger partial charge in [0.15, 0.2) is 0 Å². The normalized spacial score (nSPS) is 20.8. The number of hydrogen-bond acceptors (Lipinski definition) is 3. The number of benzene rings is 1. The van der Waals surface area contributed by atoms with Crippen molar-refractivity contribution in [1.82, 2.24) is 4.90 Å². The lowest BCUT2D eigenvalue weighted by Gasteiger charge is -2.35. The van der Waals surface area contributed by atoms with Crippen LogP contribution in [-0.4, -0.2) is 30.5 Å². The fraction of sp³-hybridized carbons (Fsp3) is 0.421. The Kier molecular flexibility index (Phi) is 5.31. The minimum absolute atomic E-state index is 0.0893. The van der Waals surface area contributed by atoms with Gasteiger partial charge in [0.2, 0.25) is 0 Å². The zero-order chi connectivity index (χ0) is 17.1. The Hall–Kier alpha value is -1.72. The lowest BCUT2D eigenvalue weighted by molar-refractivity contribution is -0.0196. The lowest BCUT2D eigenvalue weighted by atomic mass is 9.96. The summed E-state index contributed by atoms with van der Waals surface area (Å²) in [4.78, 5) is 15.5. The van der Waals surface area contributed by atoms with E-state index in [2.05, 4.69) is 6.92 Å². The van der Waals surface area contributed by atoms with E-state index in [-0.39, 0.29) is 23.9 Å². The molecule has 0 radical (unpaired) electrons. The number of rotatable bonds is 4. The van der Waals surface area contributed by atoms with Crippen molar-refractivity contribution in [1.29, 1.82) is 0 Å². The Morgan fingerprint density at radius 2 is 2.08 bits per heavy atom. The van der Waals surface area contributed by atoms with Gasteiger partial charge in [0.05, 0.1) is 11.0 Å². The van der Waals surface area contributed by atoms with Crippen LogP contribution >= 0.6 is 11.3 Å². The Labute approximate surface area is 146 Å². The highest BCUT2D eigenvalue weighted by molar-refractivity contribution is 7.12. The third-order valence-corrected chi connectivity index (χ3v) is 5.63. The topological polar surface area (TPSA) is 29.5 Å². The van der Waals surface area contributed by atoms with E-state index in [1.54, 1.807) is 12.1 Å². The Morgan fingerprint density at radius 1 is 1.33 bits per heavy atom. The van der Waals surface area contributed by atoms with E-state index in [4.69, 9.17) is 4.74 Å². The van der Waals surface area contributed by atoms with E-state index in [0.29, 0.717) is 6.61 Å². The van der Waals surface area contributed by atoms with Crippen molar-refractivity contribution >= 4 is 17.2 Å². The fourth-order valence-corrected chi connectivity index (χ4v) is 4.15. The van der Waals surface area contributed by atoms with Crippen molar-refractivity contribution in [3.8, 4) is 0 Å². The Balaban J connectivity index is 1.72. The van der Waals surface area contributed by atoms with E-state index in [1.807, 2.05) is 23.4 Å². The van der Waals surface area contributed by atoms with Crippen molar-refractivity contribution in [3.05, 3.63) is 57.5 Å². The molecule has 1 aliphatic rings. The summed E-state index contributed by atoms with van der Waals surface area (Å²) in [5.74, 6) is -0.158. The summed E-state index contributed by atoms with van der Waals surface area (Å²) in [5.41, 5.74) is 2.08. The molecule has 128 valence electrons. The summed E-state index contributed by atoms with van der Waals surface area (Å²) in [7, 11) is 1.87. The number of thiophene rings is 1. The van der Waals surface area contributed by atoms with Gasteiger partial charge in [-0.15, -0.1) is 11.3 Å². The van der Waals surface area contributed by atoms with Crippen molar-refractivity contribution < 1.29 is 13.9 Å². The number of nitrogens with zero attached hydrogens (tertiary/aromatic N) is 1. The summed E-state index contributed by atoms with van der Waals surface area (Å²) < 4.78 is 18.9. The van der Waals surface area contributed by atoms with E-state index < -0.39 is 0 Å². The molecule has 1 saturated heterocycles. The van der Waals surface area contributed by atoms with E-state index in [0.717, 1.165) is 35.3 Å². The maximum Gasteiger partial charge on any atom is 0.264 e. The third-order valence-electron chi connectivity index (χ3n) is 4.69. The van der Waals surface area contributed by atoms with Gasteiger partial charge in [-0.25, -0.2) is 4.39 Å². The maximum atomic E-state index is 13.1. The van der Waals surface area contributed by atoms with Crippen LogP contribution in [0.5, 0.6) is 0 Å². The van der Waals surface area contributed by atoms with Gasteiger partial charge in [0, 0.05) is 19.7 Å². The predicted octanol–water partition coefficient (Wildman–Crippen LogP) is 4.44. The highest BCUT2D eigenvalue weighted by atomic mass is 32.1. The molecule has 1 amide bonds. The number of ether oxygens (including phenoxy) is 1. The molecule has 2 atom stereocenters. The fourth-order valence-electron chi connectivity index (χ4n) is 3.17. The minimum Gasteiger partial charge on any atom is -0.373 e. The van der Waals surface area contributed by atoms with Gasteiger partial charge >= 0.3 is 0 Å². The van der Waals surface area contributed by atoms with Crippen molar-refractivity contribution in [2.75, 3.05) is 13.7 Å². The van der Waals surface area contributed by atoms with Gasteiger partial charge in [-0.2, -0.15) is 0 Å². The van der Waals surface area contributed by atoms with Crippen LogP contribution in [0.15, 0.2) is 35.7 Å². The first kappa shape index (κ1) is 17.1. The summed E-state index contributed by atoms with van der Waals surface area (Å²) in [6.07, 6.45) is 2.34. The van der Waals surface area contributed by atoms with Crippen LogP contribution in [0.3, 0.4) is 0 Å². The molecule has 2 aromatic rings. The number of carbonyl (C=O) groups excluding carboxylic acids is 1. The summed E-state index contributed by atoms with van der Waals surface area (Å²) >= 11 is 1.51. The first-order valence-electron chi connectivity index (χ1n) is 8.30. The molecular formula is C19H22FNO2S. The SMILES string of the molecule is CCc1ccsc1C(=O)N(C)[C@H]1CCO[C@@H](c2ccc(F)cc2)C1. The van der Waals surface area contributed by atoms with Gasteiger partial charge in [-0.05, 0) is 54.0 Å². The van der Waals surface area contributed by atoms with Crippen LogP contribution < -0.4 is 0 Å². The zero-order valence-electron chi connectivity index (χ0n) is 14.0. The maximum absolute atomic E-state index is 13.1. The number of halogens is 1. The smallest absolute Gasteiger partial charge is 0.264 e. The first-order chi connectivity index (χ1) is 11.6. The standard InChI is InChI=1S/C19H22FNO2S/c1-3-13-9-11-24-18(13)19(22)21(2)16-8-10-23-17(12-16)14-4-6-15(20)7-5-14/h4-7,9,11,16-17H,3,8,10,12H2,1-2H3/t16-,17+/m0/s1. The number of carbonyl (C=O) groups is 1. The van der Waals surface area contributed by atoms with E-state index in [9.17, 15) is 9.18 Å². The average molecular weight is 347 g/mol. The van der Waals surface area contributed by atoms with Gasteiger partial charge in [-0.1, -0.05) is 19.1 Å². The van der Waals surface area contributed by atoms with E-state index >= 15 is 0 Å². The molecule has 2 heterocycles. The second-order valence-corrected chi connectivity index (χ2v) is 7.05. The molecule has 3 rings (SSSR count). The molecule has 0 saturated carbocycles. The molecule has 3 nitrogen and oxygen atoms in total. The minimum atomic E-state index is -0.247. The molecule has 5 heteroatoms. The molecule has 0 bridgehead atoms. The number of hydrogen-bond donors (Lipinski definition) is 0. The lowest BCUT2D eigenvalue weighted by Crippen LogP contribution is -2.41. The highest BCUT2D eigenvalue weighted by Crippen LogP contribution is 2.31. The van der Waals surface area contributed by atoms with Gasteiger partial charge < -0.3 is 9.64 Å². The molecule has 1 fully saturated rings. The molecular weight excluding hydrogens is 325 g/mol. The zero-order valence-corrected chi connectivity index (χ0v) is 14.8. The van der Waals surface area contributed by atoms with Gasteiger partial charge in [-0.3, -0.25) is 4.79 Å². The van der Waals surface area contributed by atoms with Crippen molar-refractivity contribution in [2.24, 2.45) is 0 Å². The van der Waals surface area contributed by atoms with Crippen LogP contribution in [0.1, 0.15) is 46.7 Å². The predicted molar refractivity (Wildman–Crippen MR) is 93.9 cm³/mol. The molecule has 0 spiro atoms. The van der Waals surface area contributed by atoms with Crippen LogP contribution in [0, 0.1) is 5.82 Å². The summed E-state index contributed by atoms with van der Waals surface area (Å²) in [5, 5.41) is 1.98.